The lowest BCUT2D eigenvalue weighted by atomic mass is 9.78. The SMILES string of the molecule is Cc1ccc(COc2ccc3nc(C4CCCC[C@H]4C(=O)O)n(Cc4cc(N5CCC(F)(F)CC5)ccc4F)c3c2)nc1. The Balaban J connectivity index is 1.37. The number of fused-ring (bicyclic) bond motifs is 1. The number of aliphatic carboxylic acids is 1. The smallest absolute Gasteiger partial charge is 0.307 e. The van der Waals surface area contributed by atoms with Crippen molar-refractivity contribution in [1.82, 2.24) is 14.5 Å². The molecule has 226 valence electrons. The van der Waals surface area contributed by atoms with Gasteiger partial charge in [0.05, 0.1) is 29.2 Å². The minimum absolute atomic E-state index is 0.112. The number of imidazole rings is 1. The molecule has 3 heterocycles. The van der Waals surface area contributed by atoms with Crippen LogP contribution in [0, 0.1) is 18.7 Å². The fraction of sp³-hybridized carbons (Fsp3) is 0.424. The van der Waals surface area contributed by atoms with Crippen LogP contribution in [-0.4, -0.2) is 44.6 Å². The van der Waals surface area contributed by atoms with Gasteiger partial charge in [-0.15, -0.1) is 0 Å². The second-order valence-electron chi connectivity index (χ2n) is 11.8. The summed E-state index contributed by atoms with van der Waals surface area (Å²) in [6, 6.07) is 14.1. The summed E-state index contributed by atoms with van der Waals surface area (Å²) in [5, 5.41) is 10.0. The Labute approximate surface area is 248 Å². The summed E-state index contributed by atoms with van der Waals surface area (Å²) >= 11 is 0. The highest BCUT2D eigenvalue weighted by Gasteiger charge is 2.36. The average Bonchev–Trinajstić information content (AvgIpc) is 3.35. The fourth-order valence-corrected chi connectivity index (χ4v) is 6.28. The number of benzene rings is 2. The number of pyridine rings is 1. The highest BCUT2D eigenvalue weighted by atomic mass is 19.3. The number of anilines is 1. The van der Waals surface area contributed by atoms with Crippen molar-refractivity contribution in [1.29, 1.82) is 0 Å². The third kappa shape index (κ3) is 6.33. The zero-order valence-electron chi connectivity index (χ0n) is 24.1. The van der Waals surface area contributed by atoms with Gasteiger partial charge in [0.25, 0.3) is 5.92 Å². The van der Waals surface area contributed by atoms with Crippen molar-refractivity contribution in [2.24, 2.45) is 5.92 Å². The first-order valence-electron chi connectivity index (χ1n) is 14.9. The number of carbonyl (C=O) groups is 1. The Hall–Kier alpha value is -4.08. The summed E-state index contributed by atoms with van der Waals surface area (Å²) < 4.78 is 50.9. The van der Waals surface area contributed by atoms with E-state index in [-0.39, 0.29) is 45.0 Å². The Bertz CT molecular complexity index is 1610. The molecule has 7 nitrogen and oxygen atoms in total. The number of aryl methyl sites for hydroxylation is 1. The summed E-state index contributed by atoms with van der Waals surface area (Å²) in [4.78, 5) is 23.4. The van der Waals surface area contributed by atoms with Crippen LogP contribution in [0.1, 0.15) is 67.1 Å². The normalized spacial score (nSPS) is 20.3. The van der Waals surface area contributed by atoms with Gasteiger partial charge in [0, 0.05) is 55.4 Å². The number of nitrogens with zero attached hydrogens (tertiary/aromatic N) is 4. The first kappa shape index (κ1) is 29.0. The van der Waals surface area contributed by atoms with Crippen molar-refractivity contribution in [3.63, 3.8) is 0 Å². The van der Waals surface area contributed by atoms with Crippen molar-refractivity contribution in [3.05, 3.63) is 83.2 Å². The van der Waals surface area contributed by atoms with Crippen LogP contribution < -0.4 is 9.64 Å². The Morgan fingerprint density at radius 3 is 2.60 bits per heavy atom. The predicted octanol–water partition coefficient (Wildman–Crippen LogP) is 7.10. The maximum absolute atomic E-state index is 15.3. The van der Waals surface area contributed by atoms with E-state index in [4.69, 9.17) is 9.72 Å². The summed E-state index contributed by atoms with van der Waals surface area (Å²) in [7, 11) is 0. The second kappa shape index (κ2) is 11.9. The standard InChI is InChI=1S/C33H35F3N4O3/c1-21-6-7-23(37-18-21)20-43-25-9-11-29-30(17-25)40(31(38-29)26-4-2-3-5-27(26)32(41)42)19-22-16-24(8-10-28(22)34)39-14-12-33(35,36)13-15-39/h6-11,16-18,26-27H,2-5,12-15,19-20H2,1H3,(H,41,42)/t26?,27-/m1/s1. The average molecular weight is 593 g/mol. The van der Waals surface area contributed by atoms with Crippen LogP contribution in [0.25, 0.3) is 11.0 Å². The van der Waals surface area contributed by atoms with E-state index >= 15 is 4.39 Å². The van der Waals surface area contributed by atoms with E-state index < -0.39 is 23.6 Å². The van der Waals surface area contributed by atoms with Gasteiger partial charge in [-0.25, -0.2) is 18.2 Å². The van der Waals surface area contributed by atoms with Crippen LogP contribution in [0.5, 0.6) is 5.75 Å². The molecule has 1 unspecified atom stereocenters. The molecule has 2 aliphatic rings. The topological polar surface area (TPSA) is 80.5 Å². The number of piperidine rings is 1. The van der Waals surface area contributed by atoms with Gasteiger partial charge < -0.3 is 19.3 Å². The third-order valence-corrected chi connectivity index (χ3v) is 8.74. The summed E-state index contributed by atoms with van der Waals surface area (Å²) in [5.74, 6) is -3.66. The maximum atomic E-state index is 15.3. The predicted molar refractivity (Wildman–Crippen MR) is 157 cm³/mol. The van der Waals surface area contributed by atoms with E-state index in [2.05, 4.69) is 4.98 Å². The molecular weight excluding hydrogens is 557 g/mol. The van der Waals surface area contributed by atoms with Gasteiger partial charge in [-0.1, -0.05) is 18.9 Å². The van der Waals surface area contributed by atoms with Gasteiger partial charge in [-0.2, -0.15) is 0 Å². The molecule has 6 rings (SSSR count). The summed E-state index contributed by atoms with van der Waals surface area (Å²) in [6.45, 7) is 2.73. The van der Waals surface area contributed by atoms with Crippen LogP contribution in [-0.2, 0) is 17.9 Å². The van der Waals surface area contributed by atoms with E-state index in [0.29, 0.717) is 46.7 Å². The Morgan fingerprint density at radius 1 is 1.07 bits per heavy atom. The molecule has 4 aromatic rings. The van der Waals surface area contributed by atoms with Crippen molar-refractivity contribution in [3.8, 4) is 5.75 Å². The molecule has 1 saturated heterocycles. The zero-order chi connectivity index (χ0) is 30.1. The lowest BCUT2D eigenvalue weighted by Crippen LogP contribution is -2.39. The van der Waals surface area contributed by atoms with E-state index in [1.54, 1.807) is 18.3 Å². The van der Waals surface area contributed by atoms with E-state index in [1.165, 1.54) is 6.07 Å². The van der Waals surface area contributed by atoms with Crippen LogP contribution in [0.2, 0.25) is 0 Å². The number of ether oxygens (including phenoxy) is 1. The van der Waals surface area contributed by atoms with E-state index in [9.17, 15) is 18.7 Å². The van der Waals surface area contributed by atoms with Gasteiger partial charge in [-0.3, -0.25) is 9.78 Å². The maximum Gasteiger partial charge on any atom is 0.307 e. The molecular formula is C33H35F3N4O3. The molecule has 1 aliphatic carbocycles. The lowest BCUT2D eigenvalue weighted by Gasteiger charge is -2.33. The molecule has 43 heavy (non-hydrogen) atoms. The Morgan fingerprint density at radius 2 is 1.86 bits per heavy atom. The molecule has 1 saturated carbocycles. The molecule has 1 N–H and O–H groups in total. The summed E-state index contributed by atoms with van der Waals surface area (Å²) in [6.07, 6.45) is 4.26. The number of halogens is 3. The van der Waals surface area contributed by atoms with Crippen LogP contribution in [0.4, 0.5) is 18.9 Å². The number of rotatable bonds is 8. The molecule has 2 atom stereocenters. The lowest BCUT2D eigenvalue weighted by molar-refractivity contribution is -0.143. The second-order valence-corrected chi connectivity index (χ2v) is 11.8. The van der Waals surface area contributed by atoms with Gasteiger partial charge in [-0.05, 0) is 61.7 Å². The number of hydrogen-bond donors (Lipinski definition) is 1. The molecule has 0 bridgehead atoms. The zero-order valence-corrected chi connectivity index (χ0v) is 24.1. The molecule has 0 radical (unpaired) electrons. The number of alkyl halides is 2. The highest BCUT2D eigenvalue weighted by Crippen LogP contribution is 2.40. The minimum atomic E-state index is -2.68. The third-order valence-electron chi connectivity index (χ3n) is 8.74. The molecule has 0 amide bonds. The van der Waals surface area contributed by atoms with Gasteiger partial charge >= 0.3 is 5.97 Å². The van der Waals surface area contributed by atoms with Crippen LogP contribution >= 0.6 is 0 Å². The van der Waals surface area contributed by atoms with Gasteiger partial charge in [0.15, 0.2) is 0 Å². The van der Waals surface area contributed by atoms with Gasteiger partial charge in [0.2, 0.25) is 0 Å². The first-order valence-corrected chi connectivity index (χ1v) is 14.9. The molecule has 1 aliphatic heterocycles. The largest absolute Gasteiger partial charge is 0.487 e. The molecule has 10 heteroatoms. The minimum Gasteiger partial charge on any atom is -0.487 e. The summed E-state index contributed by atoms with van der Waals surface area (Å²) in [5.41, 5.74) is 4.28. The molecule has 2 aromatic carbocycles. The highest BCUT2D eigenvalue weighted by molar-refractivity contribution is 5.79. The number of aromatic nitrogens is 3. The number of hydrogen-bond acceptors (Lipinski definition) is 5. The van der Waals surface area contributed by atoms with Crippen molar-refractivity contribution in [2.45, 2.75) is 70.4 Å². The van der Waals surface area contributed by atoms with Crippen molar-refractivity contribution < 1.29 is 27.8 Å². The van der Waals surface area contributed by atoms with E-state index in [1.807, 2.05) is 46.7 Å². The van der Waals surface area contributed by atoms with E-state index in [0.717, 1.165) is 24.1 Å². The number of carboxylic acids is 1. The van der Waals surface area contributed by atoms with Crippen molar-refractivity contribution >= 4 is 22.7 Å². The quantitative estimate of drug-likeness (QED) is 0.235. The number of carboxylic acid groups (broad SMARTS) is 1. The van der Waals surface area contributed by atoms with Crippen LogP contribution in [0.3, 0.4) is 0 Å². The Kier molecular flexibility index (Phi) is 8.03. The van der Waals surface area contributed by atoms with Crippen LogP contribution in [0.15, 0.2) is 54.7 Å². The molecule has 2 aromatic heterocycles. The van der Waals surface area contributed by atoms with Crippen molar-refractivity contribution in [2.75, 3.05) is 18.0 Å². The first-order chi connectivity index (χ1) is 20.7. The molecule has 2 fully saturated rings. The molecule has 0 spiro atoms. The monoisotopic (exact) mass is 592 g/mol. The van der Waals surface area contributed by atoms with Gasteiger partial charge in [0.1, 0.15) is 24.0 Å². The fourth-order valence-electron chi connectivity index (χ4n) is 6.28.